The summed E-state index contributed by atoms with van der Waals surface area (Å²) in [6, 6.07) is 24.9. The Balaban J connectivity index is 1.43. The lowest BCUT2D eigenvalue weighted by atomic mass is 9.95. The Morgan fingerprint density at radius 1 is 1.00 bits per heavy atom. The number of anilines is 2. The zero-order chi connectivity index (χ0) is 23.5. The molecule has 0 saturated carbocycles. The third-order valence-electron chi connectivity index (χ3n) is 5.80. The highest BCUT2D eigenvalue weighted by molar-refractivity contribution is 6.06. The number of carbonyl (C=O) groups excluding carboxylic acids is 1. The number of nitrogens with one attached hydrogen (secondary N) is 2. The number of rotatable bonds is 6. The van der Waals surface area contributed by atoms with Gasteiger partial charge in [0.15, 0.2) is 0 Å². The van der Waals surface area contributed by atoms with Crippen LogP contribution in [-0.2, 0) is 11.4 Å². The Bertz CT molecular complexity index is 1350. The maximum atomic E-state index is 13.5. The van der Waals surface area contributed by atoms with Crippen LogP contribution in [0.25, 0.3) is 0 Å². The van der Waals surface area contributed by atoms with Crippen molar-refractivity contribution in [1.82, 2.24) is 20.2 Å². The van der Waals surface area contributed by atoms with E-state index in [-0.39, 0.29) is 5.91 Å². The molecular weight excluding hydrogens is 428 g/mol. The molecule has 8 heteroatoms. The first-order chi connectivity index (χ1) is 16.6. The molecule has 0 spiro atoms. The molecule has 2 heterocycles. The molecule has 170 valence electrons. The van der Waals surface area contributed by atoms with Gasteiger partial charge in [0.1, 0.15) is 18.4 Å². The lowest BCUT2D eigenvalue weighted by Crippen LogP contribution is -2.31. The maximum Gasteiger partial charge on any atom is 0.255 e. The van der Waals surface area contributed by atoms with E-state index in [0.717, 1.165) is 28.1 Å². The van der Waals surface area contributed by atoms with Crippen molar-refractivity contribution >= 4 is 17.5 Å². The summed E-state index contributed by atoms with van der Waals surface area (Å²) in [5.74, 6) is 1.01. The normalized spacial score (nSPS) is 14.8. The van der Waals surface area contributed by atoms with E-state index in [0.29, 0.717) is 23.8 Å². The van der Waals surface area contributed by atoms with Gasteiger partial charge in [-0.3, -0.25) is 4.79 Å². The molecule has 0 saturated heterocycles. The van der Waals surface area contributed by atoms with Crippen molar-refractivity contribution in [3.8, 4) is 5.75 Å². The van der Waals surface area contributed by atoms with Gasteiger partial charge in [0.25, 0.3) is 5.91 Å². The zero-order valence-corrected chi connectivity index (χ0v) is 18.9. The summed E-state index contributed by atoms with van der Waals surface area (Å²) in [6.07, 6.45) is 0. The number of benzene rings is 3. The van der Waals surface area contributed by atoms with Gasteiger partial charge in [0, 0.05) is 11.4 Å². The average Bonchev–Trinajstić information content (AvgIpc) is 3.32. The molecule has 0 fully saturated rings. The van der Waals surface area contributed by atoms with Gasteiger partial charge in [0.05, 0.1) is 5.57 Å². The standard InChI is InChI=1S/C26H24N6O2/c1-17-8-6-7-11-22(17)28-25(33)23-18(2)27-26-29-30-31-32(26)24(23)20-12-14-21(15-13-20)34-16-19-9-4-3-5-10-19/h3-15,24H,16H2,1-2H3,(H,28,33)(H,27,29,31). The van der Waals surface area contributed by atoms with Gasteiger partial charge in [-0.1, -0.05) is 65.8 Å². The van der Waals surface area contributed by atoms with Crippen molar-refractivity contribution in [2.24, 2.45) is 0 Å². The zero-order valence-electron chi connectivity index (χ0n) is 18.9. The van der Waals surface area contributed by atoms with Crippen LogP contribution in [0.3, 0.4) is 0 Å². The number of nitrogens with zero attached hydrogens (tertiary/aromatic N) is 4. The number of fused-ring (bicyclic) bond motifs is 1. The number of hydrogen-bond donors (Lipinski definition) is 2. The predicted octanol–water partition coefficient (Wildman–Crippen LogP) is 4.49. The Morgan fingerprint density at radius 3 is 2.50 bits per heavy atom. The number of aryl methyl sites for hydroxylation is 1. The molecule has 2 N–H and O–H groups in total. The van der Waals surface area contributed by atoms with Crippen molar-refractivity contribution < 1.29 is 9.53 Å². The highest BCUT2D eigenvalue weighted by Gasteiger charge is 2.34. The average molecular weight is 453 g/mol. The van der Waals surface area contributed by atoms with Gasteiger partial charge < -0.3 is 15.4 Å². The molecule has 1 atom stereocenters. The van der Waals surface area contributed by atoms with Crippen molar-refractivity contribution in [2.45, 2.75) is 26.5 Å². The van der Waals surface area contributed by atoms with E-state index in [2.05, 4.69) is 26.2 Å². The Morgan fingerprint density at radius 2 is 1.74 bits per heavy atom. The third-order valence-corrected chi connectivity index (χ3v) is 5.80. The minimum absolute atomic E-state index is 0.213. The number of amides is 1. The van der Waals surface area contributed by atoms with Crippen molar-refractivity contribution in [2.75, 3.05) is 10.6 Å². The lowest BCUT2D eigenvalue weighted by Gasteiger charge is -2.28. The van der Waals surface area contributed by atoms with Crippen LogP contribution in [0.1, 0.15) is 29.7 Å². The van der Waals surface area contributed by atoms with Gasteiger partial charge >= 0.3 is 0 Å². The summed E-state index contributed by atoms with van der Waals surface area (Å²) in [7, 11) is 0. The molecular formula is C26H24N6O2. The number of carbonyl (C=O) groups is 1. The van der Waals surface area contributed by atoms with Crippen LogP contribution >= 0.6 is 0 Å². The predicted molar refractivity (Wildman–Crippen MR) is 129 cm³/mol. The van der Waals surface area contributed by atoms with Gasteiger partial charge in [-0.2, -0.15) is 4.68 Å². The fourth-order valence-corrected chi connectivity index (χ4v) is 4.00. The molecule has 3 aromatic carbocycles. The second-order valence-electron chi connectivity index (χ2n) is 8.13. The fraction of sp³-hybridized carbons (Fsp3) is 0.154. The molecule has 34 heavy (non-hydrogen) atoms. The first-order valence-corrected chi connectivity index (χ1v) is 11.0. The van der Waals surface area contributed by atoms with Gasteiger partial charge in [-0.25, -0.2) is 0 Å². The topological polar surface area (TPSA) is 94.0 Å². The molecule has 5 rings (SSSR count). The molecule has 1 amide bonds. The molecule has 1 aromatic heterocycles. The minimum atomic E-state index is -0.488. The van der Waals surface area contributed by atoms with Gasteiger partial charge in [0.2, 0.25) is 5.95 Å². The summed E-state index contributed by atoms with van der Waals surface area (Å²) in [6.45, 7) is 4.30. The monoisotopic (exact) mass is 452 g/mol. The van der Waals surface area contributed by atoms with Gasteiger partial charge in [-0.15, -0.1) is 0 Å². The van der Waals surface area contributed by atoms with E-state index in [9.17, 15) is 4.79 Å². The number of allylic oxidation sites excluding steroid dienone is 1. The van der Waals surface area contributed by atoms with Gasteiger partial charge in [-0.05, 0) is 59.2 Å². The van der Waals surface area contributed by atoms with Crippen LogP contribution < -0.4 is 15.4 Å². The Hall–Kier alpha value is -4.46. The quantitative estimate of drug-likeness (QED) is 0.448. The largest absolute Gasteiger partial charge is 0.489 e. The van der Waals surface area contributed by atoms with Crippen molar-refractivity contribution in [3.05, 3.63) is 107 Å². The summed E-state index contributed by atoms with van der Waals surface area (Å²) in [5.41, 5.74) is 4.95. The maximum absolute atomic E-state index is 13.5. The second kappa shape index (κ2) is 9.19. The lowest BCUT2D eigenvalue weighted by molar-refractivity contribution is -0.113. The number of para-hydroxylation sites is 1. The molecule has 8 nitrogen and oxygen atoms in total. The smallest absolute Gasteiger partial charge is 0.255 e. The van der Waals surface area contributed by atoms with Crippen LogP contribution in [0.15, 0.2) is 90.1 Å². The number of tetrazole rings is 1. The minimum Gasteiger partial charge on any atom is -0.489 e. The number of aromatic nitrogens is 4. The fourth-order valence-electron chi connectivity index (χ4n) is 4.00. The summed E-state index contributed by atoms with van der Waals surface area (Å²) in [5, 5.41) is 18.2. The highest BCUT2D eigenvalue weighted by Crippen LogP contribution is 2.35. The molecule has 0 radical (unpaired) electrons. The van der Waals surface area contributed by atoms with Crippen LogP contribution in [0.4, 0.5) is 11.6 Å². The van der Waals surface area contributed by atoms with E-state index in [1.54, 1.807) is 4.68 Å². The van der Waals surface area contributed by atoms with Crippen LogP contribution in [0.5, 0.6) is 5.75 Å². The molecule has 1 unspecified atom stereocenters. The third kappa shape index (κ3) is 4.25. The van der Waals surface area contributed by atoms with E-state index in [1.165, 1.54) is 0 Å². The van der Waals surface area contributed by atoms with Crippen molar-refractivity contribution in [3.63, 3.8) is 0 Å². The number of hydrogen-bond acceptors (Lipinski definition) is 6. The Kier molecular flexibility index (Phi) is 5.78. The second-order valence-corrected chi connectivity index (χ2v) is 8.13. The van der Waals surface area contributed by atoms with E-state index >= 15 is 0 Å². The first kappa shape index (κ1) is 21.4. The van der Waals surface area contributed by atoms with E-state index < -0.39 is 6.04 Å². The summed E-state index contributed by atoms with van der Waals surface area (Å²) in [4.78, 5) is 13.5. The summed E-state index contributed by atoms with van der Waals surface area (Å²) < 4.78 is 7.55. The van der Waals surface area contributed by atoms with Crippen molar-refractivity contribution in [1.29, 1.82) is 0 Å². The van der Waals surface area contributed by atoms with E-state index in [1.807, 2.05) is 92.7 Å². The SMILES string of the molecule is CC1=C(C(=O)Nc2ccccc2C)C(c2ccc(OCc3ccccc3)cc2)n2nnnc2N1. The number of ether oxygens (including phenoxy) is 1. The molecule has 0 bridgehead atoms. The van der Waals surface area contributed by atoms with Crippen LogP contribution in [0.2, 0.25) is 0 Å². The molecule has 1 aliphatic rings. The molecule has 4 aromatic rings. The van der Waals surface area contributed by atoms with Crippen LogP contribution in [-0.4, -0.2) is 26.1 Å². The highest BCUT2D eigenvalue weighted by atomic mass is 16.5. The first-order valence-electron chi connectivity index (χ1n) is 11.0. The van der Waals surface area contributed by atoms with Crippen LogP contribution in [0, 0.1) is 6.92 Å². The molecule has 1 aliphatic heterocycles. The summed E-state index contributed by atoms with van der Waals surface area (Å²) >= 11 is 0. The Labute approximate surface area is 197 Å². The van der Waals surface area contributed by atoms with E-state index in [4.69, 9.17) is 4.74 Å². The molecule has 0 aliphatic carbocycles.